The van der Waals surface area contributed by atoms with Crippen LogP contribution in [0.5, 0.6) is 0 Å². The Morgan fingerprint density at radius 1 is 1.31 bits per heavy atom. The first kappa shape index (κ1) is 21.4. The van der Waals surface area contributed by atoms with Crippen LogP contribution in [0.2, 0.25) is 5.02 Å². The van der Waals surface area contributed by atoms with Crippen LogP contribution in [0.3, 0.4) is 0 Å². The van der Waals surface area contributed by atoms with Gasteiger partial charge in [-0.15, -0.1) is 10.2 Å². The molecule has 3 aromatic rings. The normalized spacial score (nSPS) is 11.2. The summed E-state index contributed by atoms with van der Waals surface area (Å²) in [4.78, 5) is 14.0. The van der Waals surface area contributed by atoms with Gasteiger partial charge in [0.15, 0.2) is 16.7 Å². The van der Waals surface area contributed by atoms with Crippen molar-refractivity contribution in [3.63, 3.8) is 0 Å². The smallest absolute Gasteiger partial charge is 0.233 e. The molecule has 154 valence electrons. The van der Waals surface area contributed by atoms with Gasteiger partial charge in [0.05, 0.1) is 12.0 Å². The summed E-state index contributed by atoms with van der Waals surface area (Å²) >= 11 is 7.35. The fraction of sp³-hybridized carbons (Fsp3) is 0.350. The van der Waals surface area contributed by atoms with Crippen molar-refractivity contribution in [1.29, 1.82) is 0 Å². The Labute approximate surface area is 178 Å². The summed E-state index contributed by atoms with van der Waals surface area (Å²) in [6.07, 6.45) is 1.59. The molecular weight excluding hydrogens is 415 g/mol. The monoisotopic (exact) mass is 436 g/mol. The SMILES string of the molecule is CC(C)Cn1c(SCC(=O)N(C)Cc2c(F)cccc2Cl)nnc1-c1ccco1. The van der Waals surface area contributed by atoms with Crippen LogP contribution in [0.15, 0.2) is 46.2 Å². The fourth-order valence-electron chi connectivity index (χ4n) is 2.76. The molecule has 2 heterocycles. The molecule has 0 saturated heterocycles. The topological polar surface area (TPSA) is 64.2 Å². The van der Waals surface area contributed by atoms with Crippen LogP contribution in [-0.2, 0) is 17.9 Å². The third-order valence-electron chi connectivity index (χ3n) is 4.21. The first-order chi connectivity index (χ1) is 13.9. The third-order valence-corrected chi connectivity index (χ3v) is 5.52. The quantitative estimate of drug-likeness (QED) is 0.477. The van der Waals surface area contributed by atoms with Gasteiger partial charge in [-0.25, -0.2) is 4.39 Å². The van der Waals surface area contributed by atoms with E-state index in [1.165, 1.54) is 28.8 Å². The number of carbonyl (C=O) groups is 1. The summed E-state index contributed by atoms with van der Waals surface area (Å²) in [7, 11) is 1.62. The average molecular weight is 437 g/mol. The molecule has 1 aromatic carbocycles. The number of aromatic nitrogens is 3. The van der Waals surface area contributed by atoms with E-state index in [0.717, 1.165) is 0 Å². The number of nitrogens with zero attached hydrogens (tertiary/aromatic N) is 4. The second-order valence-corrected chi connectivity index (χ2v) is 8.38. The summed E-state index contributed by atoms with van der Waals surface area (Å²) in [5, 5.41) is 9.40. The van der Waals surface area contributed by atoms with Gasteiger partial charge >= 0.3 is 0 Å². The molecule has 9 heteroatoms. The van der Waals surface area contributed by atoms with Crippen LogP contribution in [0.25, 0.3) is 11.6 Å². The van der Waals surface area contributed by atoms with Crippen LogP contribution in [-0.4, -0.2) is 38.4 Å². The highest BCUT2D eigenvalue weighted by atomic mass is 35.5. The van der Waals surface area contributed by atoms with E-state index in [1.807, 2.05) is 10.6 Å². The summed E-state index contributed by atoms with van der Waals surface area (Å²) in [5.41, 5.74) is 0.304. The molecule has 0 aliphatic heterocycles. The second-order valence-electron chi connectivity index (χ2n) is 7.03. The first-order valence-corrected chi connectivity index (χ1v) is 10.5. The van der Waals surface area contributed by atoms with Crippen molar-refractivity contribution in [2.24, 2.45) is 5.92 Å². The fourth-order valence-corrected chi connectivity index (χ4v) is 3.87. The minimum Gasteiger partial charge on any atom is -0.461 e. The molecule has 0 aliphatic rings. The first-order valence-electron chi connectivity index (χ1n) is 9.13. The molecule has 0 saturated carbocycles. The van der Waals surface area contributed by atoms with Crippen LogP contribution >= 0.6 is 23.4 Å². The van der Waals surface area contributed by atoms with Crippen molar-refractivity contribution in [3.8, 4) is 11.6 Å². The van der Waals surface area contributed by atoms with Gasteiger partial charge in [0.1, 0.15) is 5.82 Å². The number of hydrogen-bond donors (Lipinski definition) is 0. The molecule has 0 spiro atoms. The molecule has 0 bridgehead atoms. The number of hydrogen-bond acceptors (Lipinski definition) is 5. The zero-order chi connectivity index (χ0) is 21.0. The minimum absolute atomic E-state index is 0.0984. The molecule has 0 radical (unpaired) electrons. The number of furan rings is 1. The van der Waals surface area contributed by atoms with Crippen molar-refractivity contribution >= 4 is 29.3 Å². The van der Waals surface area contributed by atoms with Crippen LogP contribution in [0.4, 0.5) is 4.39 Å². The van der Waals surface area contributed by atoms with Crippen molar-refractivity contribution in [2.75, 3.05) is 12.8 Å². The standard InChI is InChI=1S/C20H22ClFN4O2S/c1-13(2)10-26-19(17-8-5-9-28-17)23-24-20(26)29-12-18(27)25(3)11-14-15(21)6-4-7-16(14)22/h4-9,13H,10-12H2,1-3H3. The average Bonchev–Trinajstić information content (AvgIpc) is 3.32. The van der Waals surface area contributed by atoms with Gasteiger partial charge in [0.25, 0.3) is 0 Å². The van der Waals surface area contributed by atoms with Crippen molar-refractivity contribution in [3.05, 3.63) is 53.0 Å². The largest absolute Gasteiger partial charge is 0.461 e. The highest BCUT2D eigenvalue weighted by molar-refractivity contribution is 7.99. The highest BCUT2D eigenvalue weighted by Crippen LogP contribution is 2.26. The minimum atomic E-state index is -0.426. The van der Waals surface area contributed by atoms with E-state index in [1.54, 1.807) is 25.4 Å². The van der Waals surface area contributed by atoms with E-state index < -0.39 is 5.82 Å². The van der Waals surface area contributed by atoms with Gasteiger partial charge in [0, 0.05) is 30.7 Å². The lowest BCUT2D eigenvalue weighted by Gasteiger charge is -2.18. The van der Waals surface area contributed by atoms with Gasteiger partial charge in [-0.05, 0) is 30.2 Å². The summed E-state index contributed by atoms with van der Waals surface area (Å²) < 4.78 is 21.4. The maximum Gasteiger partial charge on any atom is 0.233 e. The Balaban J connectivity index is 1.69. The maximum absolute atomic E-state index is 14.0. The van der Waals surface area contributed by atoms with Gasteiger partial charge in [-0.2, -0.15) is 0 Å². The van der Waals surface area contributed by atoms with Gasteiger partial charge in [-0.1, -0.05) is 43.3 Å². The summed E-state index contributed by atoms with van der Waals surface area (Å²) in [6.45, 7) is 4.98. The molecule has 0 N–H and O–H groups in total. The van der Waals surface area contributed by atoms with Crippen molar-refractivity contribution in [2.45, 2.75) is 32.1 Å². The lowest BCUT2D eigenvalue weighted by atomic mass is 10.2. The number of rotatable bonds is 8. The van der Waals surface area contributed by atoms with E-state index in [-0.39, 0.29) is 18.2 Å². The van der Waals surface area contributed by atoms with Crippen molar-refractivity contribution in [1.82, 2.24) is 19.7 Å². The molecule has 0 aliphatic carbocycles. The Bertz CT molecular complexity index is 955. The molecule has 29 heavy (non-hydrogen) atoms. The molecule has 0 atom stereocenters. The molecule has 6 nitrogen and oxygen atoms in total. The van der Waals surface area contributed by atoms with Crippen molar-refractivity contribution < 1.29 is 13.6 Å². The third kappa shape index (κ3) is 5.19. The predicted molar refractivity (Wildman–Crippen MR) is 111 cm³/mol. The second kappa shape index (κ2) is 9.45. The Morgan fingerprint density at radius 3 is 2.76 bits per heavy atom. The van der Waals surface area contributed by atoms with E-state index in [2.05, 4.69) is 24.0 Å². The molecule has 0 unspecified atom stereocenters. The number of halogens is 2. The Hall–Kier alpha value is -2.32. The summed E-state index contributed by atoms with van der Waals surface area (Å²) in [5.74, 6) is 1.18. The zero-order valence-corrected chi connectivity index (χ0v) is 18.0. The number of thioether (sulfide) groups is 1. The lowest BCUT2D eigenvalue weighted by molar-refractivity contribution is -0.127. The molecular formula is C20H22ClFN4O2S. The predicted octanol–water partition coefficient (Wildman–Crippen LogP) is 4.74. The lowest BCUT2D eigenvalue weighted by Crippen LogP contribution is -2.28. The molecule has 1 amide bonds. The zero-order valence-electron chi connectivity index (χ0n) is 16.4. The van der Waals surface area contributed by atoms with Crippen LogP contribution in [0.1, 0.15) is 19.4 Å². The number of benzene rings is 1. The van der Waals surface area contributed by atoms with E-state index in [0.29, 0.717) is 39.8 Å². The van der Waals surface area contributed by atoms with E-state index in [4.69, 9.17) is 16.0 Å². The Morgan fingerprint density at radius 2 is 2.10 bits per heavy atom. The number of amides is 1. The van der Waals surface area contributed by atoms with Gasteiger partial charge in [0.2, 0.25) is 5.91 Å². The molecule has 0 fully saturated rings. The van der Waals surface area contributed by atoms with E-state index in [9.17, 15) is 9.18 Å². The molecule has 2 aromatic heterocycles. The van der Waals surface area contributed by atoms with E-state index >= 15 is 0 Å². The summed E-state index contributed by atoms with van der Waals surface area (Å²) in [6, 6.07) is 8.10. The number of carbonyl (C=O) groups excluding carboxylic acids is 1. The molecule has 3 rings (SSSR count). The van der Waals surface area contributed by atoms with Crippen LogP contribution < -0.4 is 0 Å². The highest BCUT2D eigenvalue weighted by Gasteiger charge is 2.20. The van der Waals surface area contributed by atoms with Crippen LogP contribution in [0, 0.1) is 11.7 Å². The Kier molecular flexibility index (Phi) is 6.97. The van der Waals surface area contributed by atoms with Gasteiger partial charge < -0.3 is 9.32 Å². The maximum atomic E-state index is 14.0. The van der Waals surface area contributed by atoms with Gasteiger partial charge in [-0.3, -0.25) is 9.36 Å².